The lowest BCUT2D eigenvalue weighted by molar-refractivity contribution is -0.112. The highest BCUT2D eigenvalue weighted by Gasteiger charge is 2.14. The van der Waals surface area contributed by atoms with Crippen LogP contribution in [0.25, 0.3) is 11.8 Å². The molecule has 5 heteroatoms. The Morgan fingerprint density at radius 2 is 1.76 bits per heavy atom. The van der Waals surface area contributed by atoms with E-state index in [1.165, 1.54) is 12.1 Å². The molecule has 0 bridgehead atoms. The van der Waals surface area contributed by atoms with Gasteiger partial charge in [-0.1, -0.05) is 17.7 Å². The van der Waals surface area contributed by atoms with Gasteiger partial charge >= 0.3 is 0 Å². The number of nitriles is 1. The van der Waals surface area contributed by atoms with Crippen molar-refractivity contribution >= 4 is 17.7 Å². The maximum Gasteiger partial charge on any atom is 0.266 e. The number of benzene rings is 2. The Bertz CT molecular complexity index is 1150. The number of carbonyl (C=O) groups excluding carboxylic acids is 1. The van der Waals surface area contributed by atoms with Gasteiger partial charge in [-0.3, -0.25) is 4.79 Å². The second-order valence-corrected chi connectivity index (χ2v) is 7.08. The van der Waals surface area contributed by atoms with Crippen LogP contribution in [0.3, 0.4) is 0 Å². The number of hydrogen-bond donors (Lipinski definition) is 1. The second kappa shape index (κ2) is 8.15. The summed E-state index contributed by atoms with van der Waals surface area (Å²) in [6, 6.07) is 15.8. The van der Waals surface area contributed by atoms with E-state index in [-0.39, 0.29) is 11.4 Å². The molecule has 1 amide bonds. The zero-order valence-electron chi connectivity index (χ0n) is 16.9. The molecule has 0 radical (unpaired) electrons. The minimum atomic E-state index is -0.453. The summed E-state index contributed by atoms with van der Waals surface area (Å²) in [6.45, 7) is 7.72. The first-order chi connectivity index (χ1) is 13.8. The third-order valence-electron chi connectivity index (χ3n) is 4.85. The molecule has 0 aliphatic heterocycles. The van der Waals surface area contributed by atoms with Crippen LogP contribution < -0.4 is 5.32 Å². The van der Waals surface area contributed by atoms with Gasteiger partial charge in [0, 0.05) is 22.8 Å². The van der Waals surface area contributed by atoms with E-state index in [0.29, 0.717) is 5.69 Å². The highest BCUT2D eigenvalue weighted by atomic mass is 19.1. The summed E-state index contributed by atoms with van der Waals surface area (Å²) in [5.41, 5.74) is 6.10. The number of halogens is 1. The lowest BCUT2D eigenvalue weighted by Gasteiger charge is -2.10. The topological polar surface area (TPSA) is 57.8 Å². The minimum Gasteiger partial charge on any atom is -0.321 e. The molecule has 3 rings (SSSR count). The van der Waals surface area contributed by atoms with Crippen molar-refractivity contribution in [2.45, 2.75) is 27.7 Å². The molecular formula is C24H22FN3O. The van der Waals surface area contributed by atoms with Crippen molar-refractivity contribution in [3.8, 4) is 11.8 Å². The fourth-order valence-corrected chi connectivity index (χ4v) is 3.37. The van der Waals surface area contributed by atoms with Crippen molar-refractivity contribution in [2.75, 3.05) is 5.32 Å². The molecule has 0 saturated carbocycles. The number of hydrogen-bond acceptors (Lipinski definition) is 2. The third-order valence-corrected chi connectivity index (χ3v) is 4.85. The molecule has 4 nitrogen and oxygen atoms in total. The van der Waals surface area contributed by atoms with Crippen molar-refractivity contribution in [3.63, 3.8) is 0 Å². The van der Waals surface area contributed by atoms with E-state index in [0.717, 1.165) is 33.8 Å². The Morgan fingerprint density at radius 3 is 2.38 bits per heavy atom. The Balaban J connectivity index is 1.93. The van der Waals surface area contributed by atoms with Gasteiger partial charge in [-0.25, -0.2) is 4.39 Å². The molecule has 0 aliphatic rings. The maximum atomic E-state index is 13.2. The zero-order chi connectivity index (χ0) is 21.1. The summed E-state index contributed by atoms with van der Waals surface area (Å²) in [5, 5.41) is 12.3. The molecule has 146 valence electrons. The van der Waals surface area contributed by atoms with E-state index in [1.54, 1.807) is 18.2 Å². The van der Waals surface area contributed by atoms with Gasteiger partial charge in [0.2, 0.25) is 0 Å². The van der Waals surface area contributed by atoms with E-state index in [4.69, 9.17) is 0 Å². The van der Waals surface area contributed by atoms with Gasteiger partial charge in [0.25, 0.3) is 5.91 Å². The van der Waals surface area contributed by atoms with Crippen molar-refractivity contribution in [2.24, 2.45) is 0 Å². The lowest BCUT2D eigenvalue weighted by atomic mass is 10.1. The van der Waals surface area contributed by atoms with Crippen LogP contribution in [0.2, 0.25) is 0 Å². The first-order valence-corrected chi connectivity index (χ1v) is 9.25. The summed E-state index contributed by atoms with van der Waals surface area (Å²) < 4.78 is 15.2. The van der Waals surface area contributed by atoms with E-state index in [2.05, 4.69) is 5.32 Å². The van der Waals surface area contributed by atoms with Crippen LogP contribution in [0.4, 0.5) is 10.1 Å². The van der Waals surface area contributed by atoms with Crippen LogP contribution in [0.5, 0.6) is 0 Å². The normalized spacial score (nSPS) is 11.2. The van der Waals surface area contributed by atoms with Gasteiger partial charge in [-0.05, 0) is 81.3 Å². The summed E-state index contributed by atoms with van der Waals surface area (Å²) in [4.78, 5) is 12.6. The number of anilines is 1. The van der Waals surface area contributed by atoms with Gasteiger partial charge in [-0.15, -0.1) is 0 Å². The average molecular weight is 387 g/mol. The minimum absolute atomic E-state index is 0.0179. The van der Waals surface area contributed by atoms with E-state index < -0.39 is 5.91 Å². The molecule has 0 spiro atoms. The smallest absolute Gasteiger partial charge is 0.266 e. The van der Waals surface area contributed by atoms with Gasteiger partial charge in [0.05, 0.1) is 0 Å². The molecule has 0 aliphatic carbocycles. The number of nitrogens with one attached hydrogen (secondary N) is 1. The van der Waals surface area contributed by atoms with Gasteiger partial charge < -0.3 is 9.88 Å². The highest BCUT2D eigenvalue weighted by Crippen LogP contribution is 2.24. The van der Waals surface area contributed by atoms with Crippen LogP contribution in [0.15, 0.2) is 54.1 Å². The Labute approximate surface area is 169 Å². The number of nitrogens with zero attached hydrogens (tertiary/aromatic N) is 2. The number of aromatic nitrogens is 1. The van der Waals surface area contributed by atoms with Crippen LogP contribution in [-0.4, -0.2) is 10.5 Å². The summed E-state index contributed by atoms with van der Waals surface area (Å²) in [5.74, 6) is -0.753. The van der Waals surface area contributed by atoms with Crippen molar-refractivity contribution in [1.82, 2.24) is 4.57 Å². The molecule has 3 aromatic rings. The number of carbonyl (C=O) groups is 1. The van der Waals surface area contributed by atoms with E-state index in [9.17, 15) is 14.4 Å². The van der Waals surface area contributed by atoms with Crippen molar-refractivity contribution in [1.29, 1.82) is 5.26 Å². The lowest BCUT2D eigenvalue weighted by Crippen LogP contribution is -2.14. The highest BCUT2D eigenvalue weighted by molar-refractivity contribution is 6.10. The van der Waals surface area contributed by atoms with Gasteiger partial charge in [0.1, 0.15) is 17.5 Å². The van der Waals surface area contributed by atoms with Crippen LogP contribution in [-0.2, 0) is 4.79 Å². The first kappa shape index (κ1) is 20.1. The Kier molecular flexibility index (Phi) is 5.65. The summed E-state index contributed by atoms with van der Waals surface area (Å²) >= 11 is 0. The molecule has 0 unspecified atom stereocenters. The molecule has 0 fully saturated rings. The molecule has 1 aromatic heterocycles. The number of amides is 1. The fraction of sp³-hybridized carbons (Fsp3) is 0.167. The monoisotopic (exact) mass is 387 g/mol. The molecule has 0 saturated heterocycles. The first-order valence-electron chi connectivity index (χ1n) is 9.25. The van der Waals surface area contributed by atoms with E-state index in [1.807, 2.05) is 62.6 Å². The number of aryl methyl sites for hydroxylation is 3. The molecule has 1 heterocycles. The molecule has 2 aromatic carbocycles. The molecule has 29 heavy (non-hydrogen) atoms. The van der Waals surface area contributed by atoms with Crippen molar-refractivity contribution < 1.29 is 9.18 Å². The van der Waals surface area contributed by atoms with Crippen LogP contribution in [0.1, 0.15) is 28.1 Å². The quantitative estimate of drug-likeness (QED) is 0.482. The van der Waals surface area contributed by atoms with E-state index >= 15 is 0 Å². The Morgan fingerprint density at radius 1 is 1.07 bits per heavy atom. The molecular weight excluding hydrogens is 365 g/mol. The van der Waals surface area contributed by atoms with Gasteiger partial charge in [0.15, 0.2) is 0 Å². The van der Waals surface area contributed by atoms with Crippen LogP contribution >= 0.6 is 0 Å². The Hall–Kier alpha value is -3.65. The molecule has 1 N–H and O–H groups in total. The number of rotatable bonds is 4. The fourth-order valence-electron chi connectivity index (χ4n) is 3.37. The second-order valence-electron chi connectivity index (χ2n) is 7.08. The SMILES string of the molecule is Cc1ccc(NC(=O)/C(C#N)=C\c2cc(C)n(-c3ccc(F)cc3)c2C)c(C)c1. The van der Waals surface area contributed by atoms with Crippen molar-refractivity contribution in [3.05, 3.63) is 88.0 Å². The van der Waals surface area contributed by atoms with Crippen LogP contribution in [0, 0.1) is 44.8 Å². The predicted octanol–water partition coefficient (Wildman–Crippen LogP) is 5.40. The molecule has 0 atom stereocenters. The third kappa shape index (κ3) is 4.27. The maximum absolute atomic E-state index is 13.2. The standard InChI is InChI=1S/C24H22FN3O/c1-15-5-10-23(16(2)11-15)27-24(29)20(14-26)13-19-12-17(3)28(18(19)4)22-8-6-21(25)7-9-22/h5-13H,1-4H3,(H,27,29)/b20-13-. The zero-order valence-corrected chi connectivity index (χ0v) is 16.9. The predicted molar refractivity (Wildman–Crippen MR) is 113 cm³/mol. The average Bonchev–Trinajstić information content (AvgIpc) is 2.96. The summed E-state index contributed by atoms with van der Waals surface area (Å²) in [7, 11) is 0. The van der Waals surface area contributed by atoms with Gasteiger partial charge in [-0.2, -0.15) is 5.26 Å². The largest absolute Gasteiger partial charge is 0.321 e. The summed E-state index contributed by atoms with van der Waals surface area (Å²) in [6.07, 6.45) is 1.58.